The summed E-state index contributed by atoms with van der Waals surface area (Å²) in [5.74, 6) is -2.47. The summed E-state index contributed by atoms with van der Waals surface area (Å²) in [7, 11) is 0. The quantitative estimate of drug-likeness (QED) is 0.737. The minimum Gasteiger partial charge on any atom is -0.480 e. The Labute approximate surface area is 120 Å². The van der Waals surface area contributed by atoms with Crippen molar-refractivity contribution in [1.29, 1.82) is 0 Å². The predicted octanol–water partition coefficient (Wildman–Crippen LogP) is 1.43. The lowest BCUT2D eigenvalue weighted by atomic mass is 9.79. The van der Waals surface area contributed by atoms with E-state index in [9.17, 15) is 27.9 Å². The Morgan fingerprint density at radius 1 is 1.10 bits per heavy atom. The van der Waals surface area contributed by atoms with Crippen molar-refractivity contribution in [1.82, 2.24) is 10.6 Å². The zero-order valence-corrected chi connectivity index (χ0v) is 11.6. The Morgan fingerprint density at radius 3 is 2.14 bits per heavy atom. The Kier molecular flexibility index (Phi) is 4.19. The van der Waals surface area contributed by atoms with Crippen LogP contribution in [-0.2, 0) is 9.59 Å². The number of carbonyl (C=O) groups is 2. The van der Waals surface area contributed by atoms with E-state index >= 15 is 0 Å². The van der Waals surface area contributed by atoms with Crippen LogP contribution in [0, 0.1) is 5.41 Å². The molecule has 1 saturated carbocycles. The van der Waals surface area contributed by atoms with Gasteiger partial charge in [0.1, 0.15) is 5.54 Å². The second-order valence-electron chi connectivity index (χ2n) is 5.91. The van der Waals surface area contributed by atoms with E-state index in [4.69, 9.17) is 0 Å². The first-order chi connectivity index (χ1) is 9.74. The standard InChI is InChI=1S/C13H19F3N2O3/c14-13(15,16)11(6-7-17-8-11)9(19)18-12(10(20)21)4-2-1-3-5-12/h17H,1-8H2,(H,18,19)(H,20,21). The number of carboxylic acids is 1. The molecule has 1 amide bonds. The summed E-state index contributed by atoms with van der Waals surface area (Å²) in [6.45, 7) is -0.412. The smallest absolute Gasteiger partial charge is 0.404 e. The van der Waals surface area contributed by atoms with Gasteiger partial charge in [0.05, 0.1) is 0 Å². The van der Waals surface area contributed by atoms with Crippen molar-refractivity contribution in [2.45, 2.75) is 50.2 Å². The van der Waals surface area contributed by atoms with Crippen molar-refractivity contribution >= 4 is 11.9 Å². The summed E-state index contributed by atoms with van der Waals surface area (Å²) < 4.78 is 39.9. The molecule has 8 heteroatoms. The zero-order valence-electron chi connectivity index (χ0n) is 11.6. The van der Waals surface area contributed by atoms with Gasteiger partial charge in [0.2, 0.25) is 5.91 Å². The number of amides is 1. The van der Waals surface area contributed by atoms with Crippen LogP contribution >= 0.6 is 0 Å². The van der Waals surface area contributed by atoms with E-state index in [2.05, 4.69) is 10.6 Å². The van der Waals surface area contributed by atoms with Crippen LogP contribution in [0.15, 0.2) is 0 Å². The molecular weight excluding hydrogens is 289 g/mol. The highest BCUT2D eigenvalue weighted by Crippen LogP contribution is 2.44. The highest BCUT2D eigenvalue weighted by molar-refractivity contribution is 5.91. The number of nitrogens with one attached hydrogen (secondary N) is 2. The predicted molar refractivity (Wildman–Crippen MR) is 67.6 cm³/mol. The molecule has 0 bridgehead atoms. The summed E-state index contributed by atoms with van der Waals surface area (Å²) in [5.41, 5.74) is -4.08. The van der Waals surface area contributed by atoms with Crippen LogP contribution in [0.3, 0.4) is 0 Å². The number of aliphatic carboxylic acids is 1. The maximum absolute atomic E-state index is 13.3. The highest BCUT2D eigenvalue weighted by atomic mass is 19.4. The second-order valence-corrected chi connectivity index (χ2v) is 5.91. The van der Waals surface area contributed by atoms with Gasteiger partial charge in [0.15, 0.2) is 5.41 Å². The van der Waals surface area contributed by atoms with Crippen LogP contribution in [0.4, 0.5) is 13.2 Å². The van der Waals surface area contributed by atoms with E-state index in [1.807, 2.05) is 0 Å². The lowest BCUT2D eigenvalue weighted by molar-refractivity contribution is -0.217. The molecule has 120 valence electrons. The maximum Gasteiger partial charge on any atom is 0.404 e. The summed E-state index contributed by atoms with van der Waals surface area (Å²) in [5, 5.41) is 14.1. The topological polar surface area (TPSA) is 78.4 Å². The van der Waals surface area contributed by atoms with Gasteiger partial charge in [-0.1, -0.05) is 19.3 Å². The molecule has 5 nitrogen and oxygen atoms in total. The van der Waals surface area contributed by atoms with Crippen LogP contribution in [0.2, 0.25) is 0 Å². The molecule has 0 spiro atoms. The molecule has 1 aliphatic heterocycles. The van der Waals surface area contributed by atoms with E-state index in [1.54, 1.807) is 0 Å². The van der Waals surface area contributed by atoms with E-state index in [0.29, 0.717) is 12.8 Å². The number of carbonyl (C=O) groups excluding carboxylic acids is 1. The van der Waals surface area contributed by atoms with Crippen molar-refractivity contribution in [2.75, 3.05) is 13.1 Å². The molecule has 3 N–H and O–H groups in total. The number of rotatable bonds is 3. The molecule has 1 saturated heterocycles. The van der Waals surface area contributed by atoms with E-state index in [-0.39, 0.29) is 25.8 Å². The molecule has 1 atom stereocenters. The largest absolute Gasteiger partial charge is 0.480 e. The molecule has 1 heterocycles. The van der Waals surface area contributed by atoms with Crippen molar-refractivity contribution in [3.8, 4) is 0 Å². The SMILES string of the molecule is O=C(O)C1(NC(=O)C2(C(F)(F)F)CCNC2)CCCCC1. The fourth-order valence-electron chi connectivity index (χ4n) is 3.14. The number of halogens is 3. The average molecular weight is 308 g/mol. The van der Waals surface area contributed by atoms with Crippen LogP contribution in [0.25, 0.3) is 0 Å². The lowest BCUT2D eigenvalue weighted by Crippen LogP contribution is -2.62. The third-order valence-electron chi connectivity index (χ3n) is 4.60. The van der Waals surface area contributed by atoms with Gasteiger partial charge in [-0.25, -0.2) is 4.79 Å². The molecule has 2 fully saturated rings. The van der Waals surface area contributed by atoms with Crippen molar-refractivity contribution in [3.63, 3.8) is 0 Å². The summed E-state index contributed by atoms with van der Waals surface area (Å²) >= 11 is 0. The van der Waals surface area contributed by atoms with E-state index < -0.39 is 35.6 Å². The Bertz CT molecular complexity index is 425. The lowest BCUT2D eigenvalue weighted by Gasteiger charge is -2.38. The Balaban J connectivity index is 2.24. The molecule has 0 aromatic heterocycles. The van der Waals surface area contributed by atoms with Gasteiger partial charge >= 0.3 is 12.1 Å². The molecule has 1 aliphatic carbocycles. The minimum absolute atomic E-state index is 0.0903. The molecule has 0 aromatic carbocycles. The zero-order chi connectivity index (χ0) is 15.7. The van der Waals surface area contributed by atoms with Crippen LogP contribution in [0.1, 0.15) is 38.5 Å². The monoisotopic (exact) mass is 308 g/mol. The summed E-state index contributed by atoms with van der Waals surface area (Å²) in [4.78, 5) is 23.7. The van der Waals surface area contributed by atoms with Crippen LogP contribution in [-0.4, -0.2) is 41.8 Å². The first-order valence-electron chi connectivity index (χ1n) is 7.07. The van der Waals surface area contributed by atoms with Crippen molar-refractivity contribution < 1.29 is 27.9 Å². The second kappa shape index (κ2) is 5.47. The van der Waals surface area contributed by atoms with Gasteiger partial charge in [-0.3, -0.25) is 4.79 Å². The first kappa shape index (κ1) is 16.1. The van der Waals surface area contributed by atoms with Crippen LogP contribution < -0.4 is 10.6 Å². The number of hydrogen-bond donors (Lipinski definition) is 3. The van der Waals surface area contributed by atoms with Crippen molar-refractivity contribution in [3.05, 3.63) is 0 Å². The molecule has 2 aliphatic rings. The fraction of sp³-hybridized carbons (Fsp3) is 0.846. The van der Waals surface area contributed by atoms with Crippen LogP contribution in [0.5, 0.6) is 0 Å². The van der Waals surface area contributed by atoms with Gasteiger partial charge in [0.25, 0.3) is 0 Å². The van der Waals surface area contributed by atoms with Gasteiger partial charge < -0.3 is 15.7 Å². The van der Waals surface area contributed by atoms with E-state index in [1.165, 1.54) is 0 Å². The number of hydrogen-bond acceptors (Lipinski definition) is 3. The molecule has 21 heavy (non-hydrogen) atoms. The third-order valence-corrected chi connectivity index (χ3v) is 4.60. The summed E-state index contributed by atoms with van der Waals surface area (Å²) in [6.07, 6.45) is -2.71. The number of carboxylic acid groups (broad SMARTS) is 1. The minimum atomic E-state index is -4.70. The maximum atomic E-state index is 13.3. The fourth-order valence-corrected chi connectivity index (χ4v) is 3.14. The van der Waals surface area contributed by atoms with Gasteiger partial charge in [-0.2, -0.15) is 13.2 Å². The average Bonchev–Trinajstić information content (AvgIpc) is 2.89. The molecule has 2 rings (SSSR count). The van der Waals surface area contributed by atoms with Gasteiger partial charge in [-0.05, 0) is 25.8 Å². The Hall–Kier alpha value is -1.31. The Morgan fingerprint density at radius 2 is 1.71 bits per heavy atom. The molecule has 0 aromatic rings. The van der Waals surface area contributed by atoms with Crippen molar-refractivity contribution in [2.24, 2.45) is 5.41 Å². The third kappa shape index (κ3) is 2.73. The van der Waals surface area contributed by atoms with Gasteiger partial charge in [-0.15, -0.1) is 0 Å². The molecule has 1 unspecified atom stereocenters. The first-order valence-corrected chi connectivity index (χ1v) is 7.07. The van der Waals surface area contributed by atoms with Gasteiger partial charge in [0, 0.05) is 6.54 Å². The van der Waals surface area contributed by atoms with E-state index in [0.717, 1.165) is 6.42 Å². The normalized spacial score (nSPS) is 29.1. The molecular formula is C13H19F3N2O3. The summed E-state index contributed by atoms with van der Waals surface area (Å²) in [6, 6.07) is 0. The molecule has 0 radical (unpaired) electrons. The highest BCUT2D eigenvalue weighted by Gasteiger charge is 2.62. The number of alkyl halides is 3.